The van der Waals surface area contributed by atoms with Crippen LogP contribution in [0.3, 0.4) is 0 Å². The highest BCUT2D eigenvalue weighted by molar-refractivity contribution is 7.87. The molecule has 0 saturated carbocycles. The van der Waals surface area contributed by atoms with Crippen LogP contribution in [-0.4, -0.2) is 43.3 Å². The van der Waals surface area contributed by atoms with E-state index >= 15 is 0 Å². The minimum atomic E-state index is -4.85. The van der Waals surface area contributed by atoms with Gasteiger partial charge in [-0.05, 0) is 49.4 Å². The standard InChI is InChI=1S/C21H28ClN3O6S/c1-13(21(2,3)4)23-20(26)17-18(19(31-24-17)14-9-11-30-12-10-14)25(32(27,28)29)16-7-5-15(22)6-8-16/h5-8,13-14H,9-12H2,1-4H3,(H,23,26)(H,27,28,29)/t13-/m0/s1. The van der Waals surface area contributed by atoms with E-state index in [-0.39, 0.29) is 40.2 Å². The first-order valence-electron chi connectivity index (χ1n) is 10.3. The summed E-state index contributed by atoms with van der Waals surface area (Å²) in [7, 11) is -4.85. The Morgan fingerprint density at radius 3 is 2.38 bits per heavy atom. The lowest BCUT2D eigenvalue weighted by Crippen LogP contribution is -2.42. The van der Waals surface area contributed by atoms with E-state index in [0.717, 1.165) is 0 Å². The summed E-state index contributed by atoms with van der Waals surface area (Å²) >= 11 is 5.95. The summed E-state index contributed by atoms with van der Waals surface area (Å²) in [6, 6.07) is 5.57. The van der Waals surface area contributed by atoms with Crippen molar-refractivity contribution >= 4 is 39.2 Å². The average Bonchev–Trinajstić information content (AvgIpc) is 3.13. The number of rotatable bonds is 6. The number of carbonyl (C=O) groups is 1. The maximum absolute atomic E-state index is 13.2. The molecule has 1 saturated heterocycles. The average molecular weight is 486 g/mol. The Hall–Kier alpha value is -2.14. The van der Waals surface area contributed by atoms with Gasteiger partial charge in [-0.25, -0.2) is 4.31 Å². The van der Waals surface area contributed by atoms with Crippen molar-refractivity contribution in [1.29, 1.82) is 0 Å². The van der Waals surface area contributed by atoms with Crippen molar-refractivity contribution in [2.45, 2.75) is 52.5 Å². The molecule has 1 atom stereocenters. The topological polar surface area (TPSA) is 122 Å². The maximum Gasteiger partial charge on any atom is 0.364 e. The SMILES string of the molecule is C[C@H](NC(=O)c1noc(C2CCOCC2)c1N(c1ccc(Cl)cc1)S(=O)(=O)O)C(C)(C)C. The highest BCUT2D eigenvalue weighted by Gasteiger charge is 2.38. The Kier molecular flexibility index (Phi) is 7.18. The fraction of sp³-hybridized carbons (Fsp3) is 0.524. The summed E-state index contributed by atoms with van der Waals surface area (Å²) in [5.41, 5.74) is -0.496. The monoisotopic (exact) mass is 485 g/mol. The van der Waals surface area contributed by atoms with Crippen LogP contribution in [-0.2, 0) is 15.0 Å². The quantitative estimate of drug-likeness (QED) is 0.584. The number of aromatic nitrogens is 1. The zero-order chi connectivity index (χ0) is 23.7. The van der Waals surface area contributed by atoms with Gasteiger partial charge >= 0.3 is 10.3 Å². The fourth-order valence-corrected chi connectivity index (χ4v) is 4.23. The van der Waals surface area contributed by atoms with E-state index in [4.69, 9.17) is 20.9 Å². The van der Waals surface area contributed by atoms with Gasteiger partial charge in [-0.1, -0.05) is 37.5 Å². The normalized spacial score (nSPS) is 16.6. The van der Waals surface area contributed by atoms with Crippen LogP contribution >= 0.6 is 11.6 Å². The van der Waals surface area contributed by atoms with Gasteiger partial charge < -0.3 is 14.6 Å². The molecule has 2 N–H and O–H groups in total. The summed E-state index contributed by atoms with van der Waals surface area (Å²) in [5, 5.41) is 7.17. The third-order valence-corrected chi connectivity index (χ3v) is 6.75. The van der Waals surface area contributed by atoms with E-state index in [1.807, 2.05) is 27.7 Å². The predicted octanol–water partition coefficient (Wildman–Crippen LogP) is 4.33. The molecule has 0 bridgehead atoms. The number of ether oxygens (including phenoxy) is 1. The number of carbonyl (C=O) groups excluding carboxylic acids is 1. The largest absolute Gasteiger partial charge is 0.381 e. The third-order valence-electron chi connectivity index (χ3n) is 5.64. The highest BCUT2D eigenvalue weighted by atomic mass is 35.5. The molecule has 1 aliphatic heterocycles. The van der Waals surface area contributed by atoms with Gasteiger partial charge in [0, 0.05) is 30.2 Å². The summed E-state index contributed by atoms with van der Waals surface area (Å²) in [5.74, 6) is -0.633. The smallest absolute Gasteiger partial charge is 0.364 e. The van der Waals surface area contributed by atoms with E-state index in [2.05, 4.69) is 10.5 Å². The Balaban J connectivity index is 2.15. The number of hydrogen-bond acceptors (Lipinski definition) is 6. The lowest BCUT2D eigenvalue weighted by atomic mass is 9.88. The number of halogens is 1. The molecule has 1 aliphatic rings. The van der Waals surface area contributed by atoms with Gasteiger partial charge in [0.1, 0.15) is 5.69 Å². The summed E-state index contributed by atoms with van der Waals surface area (Å²) in [6.07, 6.45) is 1.11. The number of hydrogen-bond donors (Lipinski definition) is 2. The van der Waals surface area contributed by atoms with Crippen LogP contribution in [0.1, 0.15) is 62.7 Å². The number of amides is 1. The Morgan fingerprint density at radius 1 is 1.25 bits per heavy atom. The van der Waals surface area contributed by atoms with E-state index in [0.29, 0.717) is 35.4 Å². The Bertz CT molecular complexity index is 1060. The van der Waals surface area contributed by atoms with Crippen molar-refractivity contribution in [3.05, 3.63) is 40.7 Å². The second-order valence-electron chi connectivity index (χ2n) is 8.91. The number of anilines is 2. The molecular weight excluding hydrogens is 458 g/mol. The lowest BCUT2D eigenvalue weighted by Gasteiger charge is -2.28. The zero-order valence-electron chi connectivity index (χ0n) is 18.5. The van der Waals surface area contributed by atoms with Crippen molar-refractivity contribution in [2.24, 2.45) is 5.41 Å². The van der Waals surface area contributed by atoms with Crippen molar-refractivity contribution in [3.8, 4) is 0 Å². The first kappa shape index (κ1) is 24.5. The van der Waals surface area contributed by atoms with E-state index in [1.54, 1.807) is 0 Å². The fourth-order valence-electron chi connectivity index (χ4n) is 3.31. The van der Waals surface area contributed by atoms with E-state index in [1.165, 1.54) is 24.3 Å². The molecule has 1 aromatic carbocycles. The molecule has 0 spiro atoms. The minimum absolute atomic E-state index is 0.0892. The first-order valence-corrected chi connectivity index (χ1v) is 12.1. The summed E-state index contributed by atoms with van der Waals surface area (Å²) in [4.78, 5) is 13.2. The first-order chi connectivity index (χ1) is 14.9. The molecule has 1 aromatic heterocycles. The van der Waals surface area contributed by atoms with Crippen LogP contribution in [0.25, 0.3) is 0 Å². The summed E-state index contributed by atoms with van der Waals surface area (Å²) in [6.45, 7) is 8.66. The van der Waals surface area contributed by atoms with Crippen LogP contribution in [0.15, 0.2) is 28.8 Å². The van der Waals surface area contributed by atoms with Gasteiger partial charge in [0.15, 0.2) is 11.5 Å². The highest BCUT2D eigenvalue weighted by Crippen LogP contribution is 2.41. The molecule has 2 aromatic rings. The van der Waals surface area contributed by atoms with Gasteiger partial charge in [-0.3, -0.25) is 9.35 Å². The van der Waals surface area contributed by atoms with Gasteiger partial charge in [-0.2, -0.15) is 8.42 Å². The molecule has 32 heavy (non-hydrogen) atoms. The van der Waals surface area contributed by atoms with E-state index in [9.17, 15) is 17.8 Å². The number of benzene rings is 1. The molecule has 0 radical (unpaired) electrons. The molecule has 2 heterocycles. The van der Waals surface area contributed by atoms with Crippen molar-refractivity contribution in [1.82, 2.24) is 10.5 Å². The summed E-state index contributed by atoms with van der Waals surface area (Å²) < 4.78 is 46.8. The van der Waals surface area contributed by atoms with Gasteiger partial charge in [0.05, 0.1) is 5.69 Å². The molecule has 1 fully saturated rings. The second kappa shape index (κ2) is 9.38. The maximum atomic E-state index is 13.2. The van der Waals surface area contributed by atoms with Crippen LogP contribution < -0.4 is 9.62 Å². The van der Waals surface area contributed by atoms with Crippen LogP contribution in [0.4, 0.5) is 11.4 Å². The molecule has 1 amide bonds. The Labute approximate surface area is 192 Å². The number of nitrogens with zero attached hydrogens (tertiary/aromatic N) is 2. The van der Waals surface area contributed by atoms with Crippen molar-refractivity contribution < 1.29 is 27.0 Å². The molecule has 3 rings (SSSR count). The van der Waals surface area contributed by atoms with Crippen LogP contribution in [0, 0.1) is 5.41 Å². The van der Waals surface area contributed by atoms with Gasteiger partial charge in [-0.15, -0.1) is 0 Å². The van der Waals surface area contributed by atoms with Crippen LogP contribution in [0.2, 0.25) is 5.02 Å². The van der Waals surface area contributed by atoms with Gasteiger partial charge in [0.2, 0.25) is 0 Å². The molecule has 0 aliphatic carbocycles. The molecule has 11 heteroatoms. The molecule has 176 valence electrons. The number of nitrogens with one attached hydrogen (secondary N) is 1. The minimum Gasteiger partial charge on any atom is -0.381 e. The molecule has 0 unspecified atom stereocenters. The van der Waals surface area contributed by atoms with Crippen molar-refractivity contribution in [3.63, 3.8) is 0 Å². The van der Waals surface area contributed by atoms with Gasteiger partial charge in [0.25, 0.3) is 5.91 Å². The zero-order valence-corrected chi connectivity index (χ0v) is 20.0. The second-order valence-corrected chi connectivity index (χ2v) is 10.6. The Morgan fingerprint density at radius 2 is 1.84 bits per heavy atom. The molecular formula is C21H28ClN3O6S. The van der Waals surface area contributed by atoms with E-state index < -0.39 is 16.2 Å². The molecule has 9 nitrogen and oxygen atoms in total. The third kappa shape index (κ3) is 5.43. The van der Waals surface area contributed by atoms with Crippen LogP contribution in [0.5, 0.6) is 0 Å². The predicted molar refractivity (Wildman–Crippen MR) is 121 cm³/mol. The van der Waals surface area contributed by atoms with Crippen molar-refractivity contribution in [2.75, 3.05) is 17.5 Å². The lowest BCUT2D eigenvalue weighted by molar-refractivity contribution is 0.0790.